The molecule has 0 amide bonds. The van der Waals surface area contributed by atoms with Gasteiger partial charge in [-0.05, 0) is 35.2 Å². The maximum atomic E-state index is 2.38. The van der Waals surface area contributed by atoms with Crippen LogP contribution < -0.4 is 21.3 Å². The number of para-hydroxylation sites is 3. The van der Waals surface area contributed by atoms with Gasteiger partial charge in [0.15, 0.2) is 0 Å². The normalized spacial score (nSPS) is 12.5. The first-order valence-corrected chi connectivity index (χ1v) is 9.01. The number of hydrogen-bond donors (Lipinski definition) is 0. The second kappa shape index (κ2) is 6.23. The lowest BCUT2D eigenvalue weighted by Gasteiger charge is -2.36. The molecule has 1 nitrogen and oxygen atoms in total. The average molecular weight is 331 g/mol. The van der Waals surface area contributed by atoms with Gasteiger partial charge in [0.05, 0.1) is 0 Å². The van der Waals surface area contributed by atoms with Crippen LogP contribution in [0.5, 0.6) is 0 Å². The second-order valence-electron chi connectivity index (χ2n) is 6.63. The lowest BCUT2D eigenvalue weighted by molar-refractivity contribution is 1.29. The molecule has 2 heteroatoms. The van der Waals surface area contributed by atoms with Gasteiger partial charge in [0, 0.05) is 17.1 Å². The van der Waals surface area contributed by atoms with Gasteiger partial charge in [-0.2, -0.15) is 0 Å². The molecule has 0 atom stereocenters. The molecule has 1 aliphatic rings. The zero-order valence-corrected chi connectivity index (χ0v) is 14.4. The first kappa shape index (κ1) is 15.0. The fourth-order valence-corrected chi connectivity index (χ4v) is 4.03. The van der Waals surface area contributed by atoms with E-state index < -0.39 is 0 Å². The first-order chi connectivity index (χ1) is 12.9. The predicted octanol–water partition coefficient (Wildman–Crippen LogP) is 3.99. The molecular weight excluding hydrogens is 313 g/mol. The summed E-state index contributed by atoms with van der Waals surface area (Å²) >= 11 is 0. The van der Waals surface area contributed by atoms with Crippen molar-refractivity contribution in [1.82, 2.24) is 0 Å². The predicted molar refractivity (Wildman–Crippen MR) is 112 cm³/mol. The van der Waals surface area contributed by atoms with Crippen LogP contribution in [0.25, 0.3) is 0 Å². The second-order valence-corrected chi connectivity index (χ2v) is 6.63. The highest BCUT2D eigenvalue weighted by Crippen LogP contribution is 2.35. The summed E-state index contributed by atoms with van der Waals surface area (Å²) in [6.07, 6.45) is 0. The lowest BCUT2D eigenvalue weighted by atomic mass is 9.35. The summed E-state index contributed by atoms with van der Waals surface area (Å²) in [6.45, 7) is 0.253. The van der Waals surface area contributed by atoms with E-state index in [0.29, 0.717) is 0 Å². The van der Waals surface area contributed by atoms with Crippen LogP contribution in [0.15, 0.2) is 109 Å². The Hall–Kier alpha value is -3.26. The van der Waals surface area contributed by atoms with Crippen molar-refractivity contribution in [2.45, 2.75) is 0 Å². The van der Waals surface area contributed by atoms with Crippen LogP contribution in [-0.4, -0.2) is 6.71 Å². The number of fused-ring (bicyclic) bond motifs is 2. The van der Waals surface area contributed by atoms with Crippen LogP contribution in [0.4, 0.5) is 17.1 Å². The minimum atomic E-state index is 0.253. The number of anilines is 3. The van der Waals surface area contributed by atoms with E-state index in [1.165, 1.54) is 33.5 Å². The number of nitrogens with zero attached hydrogens (tertiary/aromatic N) is 1. The molecule has 0 spiro atoms. The van der Waals surface area contributed by atoms with Crippen LogP contribution in [0.3, 0.4) is 0 Å². The molecule has 0 radical (unpaired) electrons. The minimum Gasteiger partial charge on any atom is -0.312 e. The molecule has 0 saturated heterocycles. The molecular formula is C24H18BN. The van der Waals surface area contributed by atoms with Crippen molar-refractivity contribution in [3.05, 3.63) is 109 Å². The maximum absolute atomic E-state index is 2.38. The van der Waals surface area contributed by atoms with E-state index in [1.54, 1.807) is 0 Å². The first-order valence-electron chi connectivity index (χ1n) is 9.01. The van der Waals surface area contributed by atoms with E-state index in [2.05, 4.69) is 114 Å². The van der Waals surface area contributed by atoms with Gasteiger partial charge >= 0.3 is 0 Å². The van der Waals surface area contributed by atoms with Crippen LogP contribution in [-0.2, 0) is 0 Å². The fraction of sp³-hybridized carbons (Fsp3) is 0. The molecule has 0 saturated carbocycles. The van der Waals surface area contributed by atoms with Gasteiger partial charge < -0.3 is 4.90 Å². The molecule has 0 bridgehead atoms. The molecule has 1 aliphatic heterocycles. The van der Waals surface area contributed by atoms with Gasteiger partial charge in [-0.15, -0.1) is 0 Å². The molecule has 0 unspecified atom stereocenters. The molecule has 4 aromatic carbocycles. The van der Waals surface area contributed by atoms with E-state index in [9.17, 15) is 0 Å². The zero-order chi connectivity index (χ0) is 17.3. The smallest absolute Gasteiger partial charge is 0.246 e. The Balaban J connectivity index is 1.80. The Labute approximate surface area is 154 Å². The minimum absolute atomic E-state index is 0.253. The topological polar surface area (TPSA) is 3.24 Å². The third-order valence-electron chi connectivity index (χ3n) is 5.12. The van der Waals surface area contributed by atoms with Crippen molar-refractivity contribution in [2.75, 3.05) is 4.90 Å². The molecule has 122 valence electrons. The fourth-order valence-electron chi connectivity index (χ4n) is 4.03. The van der Waals surface area contributed by atoms with E-state index in [-0.39, 0.29) is 6.71 Å². The summed E-state index contributed by atoms with van der Waals surface area (Å²) in [6, 6.07) is 39.0. The summed E-state index contributed by atoms with van der Waals surface area (Å²) < 4.78 is 0. The van der Waals surface area contributed by atoms with Crippen LogP contribution >= 0.6 is 0 Å². The van der Waals surface area contributed by atoms with E-state index >= 15 is 0 Å². The van der Waals surface area contributed by atoms with Crippen LogP contribution in [0, 0.1) is 0 Å². The van der Waals surface area contributed by atoms with Crippen molar-refractivity contribution in [3.63, 3.8) is 0 Å². The zero-order valence-electron chi connectivity index (χ0n) is 14.4. The standard InChI is InChI=1S/C24H18BN/c1-3-11-19(12-4-1)25-21-15-7-9-17-23(21)26(20-13-5-2-6-14-20)24-18-10-8-16-22(24)25/h1-18H. The summed E-state index contributed by atoms with van der Waals surface area (Å²) in [5.41, 5.74) is 7.74. The van der Waals surface area contributed by atoms with Crippen LogP contribution in [0.1, 0.15) is 0 Å². The Morgan fingerprint density at radius 2 is 0.923 bits per heavy atom. The molecule has 0 aliphatic carbocycles. The third kappa shape index (κ3) is 2.34. The van der Waals surface area contributed by atoms with Crippen molar-refractivity contribution < 1.29 is 0 Å². The van der Waals surface area contributed by atoms with Crippen molar-refractivity contribution in [2.24, 2.45) is 0 Å². The highest BCUT2D eigenvalue weighted by molar-refractivity contribution is 6.98. The average Bonchev–Trinajstić information content (AvgIpc) is 2.73. The molecule has 5 rings (SSSR count). The highest BCUT2D eigenvalue weighted by Gasteiger charge is 2.34. The summed E-state index contributed by atoms with van der Waals surface area (Å²) in [4.78, 5) is 2.38. The number of rotatable bonds is 2. The SMILES string of the molecule is c1ccc(B2c3ccccc3N(c3ccccc3)c3ccccc32)cc1. The summed E-state index contributed by atoms with van der Waals surface area (Å²) in [5.74, 6) is 0. The van der Waals surface area contributed by atoms with Gasteiger partial charge in [0.1, 0.15) is 0 Å². The van der Waals surface area contributed by atoms with Gasteiger partial charge in [-0.3, -0.25) is 0 Å². The Morgan fingerprint density at radius 1 is 0.462 bits per heavy atom. The van der Waals surface area contributed by atoms with Crippen molar-refractivity contribution >= 4 is 40.2 Å². The molecule has 26 heavy (non-hydrogen) atoms. The van der Waals surface area contributed by atoms with Crippen LogP contribution in [0.2, 0.25) is 0 Å². The van der Waals surface area contributed by atoms with E-state index in [4.69, 9.17) is 0 Å². The quantitative estimate of drug-likeness (QED) is 0.442. The highest BCUT2D eigenvalue weighted by atomic mass is 15.1. The Morgan fingerprint density at radius 3 is 1.50 bits per heavy atom. The largest absolute Gasteiger partial charge is 0.312 e. The number of hydrogen-bond acceptors (Lipinski definition) is 1. The Kier molecular flexibility index (Phi) is 3.60. The molecule has 0 fully saturated rings. The van der Waals surface area contributed by atoms with Gasteiger partial charge in [0.2, 0.25) is 6.71 Å². The van der Waals surface area contributed by atoms with Crippen molar-refractivity contribution in [1.29, 1.82) is 0 Å². The molecule has 0 N–H and O–H groups in total. The molecule has 0 aromatic heterocycles. The third-order valence-corrected chi connectivity index (χ3v) is 5.12. The van der Waals surface area contributed by atoms with Gasteiger partial charge in [0.25, 0.3) is 0 Å². The van der Waals surface area contributed by atoms with E-state index in [1.807, 2.05) is 0 Å². The van der Waals surface area contributed by atoms with Crippen molar-refractivity contribution in [3.8, 4) is 0 Å². The Bertz CT molecular complexity index is 911. The summed E-state index contributed by atoms with van der Waals surface area (Å²) in [5, 5.41) is 0. The monoisotopic (exact) mass is 331 g/mol. The molecule has 4 aromatic rings. The van der Waals surface area contributed by atoms with Gasteiger partial charge in [-0.1, -0.05) is 90.4 Å². The summed E-state index contributed by atoms with van der Waals surface area (Å²) in [7, 11) is 0. The number of benzene rings is 4. The van der Waals surface area contributed by atoms with E-state index in [0.717, 1.165) is 0 Å². The maximum Gasteiger partial charge on any atom is 0.246 e. The lowest BCUT2D eigenvalue weighted by Crippen LogP contribution is -2.57. The molecule has 1 heterocycles. The van der Waals surface area contributed by atoms with Gasteiger partial charge in [-0.25, -0.2) is 0 Å².